The molecule has 0 fully saturated rings. The summed E-state index contributed by atoms with van der Waals surface area (Å²) in [6.07, 6.45) is 0. The van der Waals surface area contributed by atoms with Crippen LogP contribution in [-0.4, -0.2) is 17.1 Å². The molecule has 34 valence electrons. The van der Waals surface area contributed by atoms with Gasteiger partial charge in [0.15, 0.2) is 0 Å². The topological polar surface area (TPSA) is 0 Å². The van der Waals surface area contributed by atoms with Crippen LogP contribution in [0.5, 0.6) is 0 Å². The molecule has 0 bridgehead atoms. The van der Waals surface area contributed by atoms with Crippen molar-refractivity contribution in [3.05, 3.63) is 0 Å². The first-order valence-electron chi connectivity index (χ1n) is 0. The van der Waals surface area contributed by atoms with E-state index in [0.717, 1.165) is 0 Å². The quantitative estimate of drug-likeness (QED) is 0.477. The molecule has 0 spiro atoms. The third kappa shape index (κ3) is 9.10. The van der Waals surface area contributed by atoms with Crippen molar-refractivity contribution in [2.75, 3.05) is 0 Å². The summed E-state index contributed by atoms with van der Waals surface area (Å²) < 4.78 is 0. The second-order valence-electron chi connectivity index (χ2n) is 0. The summed E-state index contributed by atoms with van der Waals surface area (Å²) in [4.78, 5) is 0. The molecule has 0 aliphatic rings. The molecule has 0 atom stereocenters. The minimum absolute atomic E-state index is 0. The summed E-state index contributed by atoms with van der Waals surface area (Å²) in [5.74, 6) is 0. The summed E-state index contributed by atoms with van der Waals surface area (Å²) >= 11 is 0. The average Bonchev–Trinajstić information content (AvgIpc) is 0. The van der Waals surface area contributed by atoms with Crippen LogP contribution in [0.4, 0.5) is 0 Å². The predicted molar refractivity (Wildman–Crippen MR) is 18.9 cm³/mol. The average molecular weight is 230 g/mol. The fourth-order valence-corrected chi connectivity index (χ4v) is 0. The van der Waals surface area contributed by atoms with Gasteiger partial charge in [-0.25, -0.2) is 0 Å². The molecule has 0 rings (SSSR count). The Morgan fingerprint density at radius 3 is 1.00 bits per heavy atom. The molecule has 0 aliphatic heterocycles. The predicted octanol–water partition coefficient (Wildman–Crippen LogP) is -0.808. The summed E-state index contributed by atoms with van der Waals surface area (Å²) in [7, 11) is 0. The van der Waals surface area contributed by atoms with Crippen molar-refractivity contribution in [1.82, 2.24) is 0 Å². The van der Waals surface area contributed by atoms with Crippen LogP contribution in [0.25, 0.3) is 0 Å². The molecule has 0 aromatic heterocycles. The zero-order valence-electron chi connectivity index (χ0n) is 1.67. The van der Waals surface area contributed by atoms with Gasteiger partial charge in [-0.15, -0.1) is 0 Å². The summed E-state index contributed by atoms with van der Waals surface area (Å²) in [5, 5.41) is 0. The Bertz CT molecular complexity index is 8.00. The van der Waals surface area contributed by atoms with Crippen molar-refractivity contribution in [3.8, 4) is 0 Å². The van der Waals surface area contributed by atoms with Crippen LogP contribution < -0.4 is 0 Å². The fourth-order valence-electron chi connectivity index (χ4n) is 0. The second kappa shape index (κ2) is 20.8. The molecule has 0 saturated carbocycles. The van der Waals surface area contributed by atoms with Crippen molar-refractivity contribution in [2.45, 2.75) is 0 Å². The van der Waals surface area contributed by atoms with E-state index in [-0.39, 0.29) is 64.1 Å². The van der Waals surface area contributed by atoms with Gasteiger partial charge >= 0.3 is 17.1 Å². The maximum atomic E-state index is 0. The van der Waals surface area contributed by atoms with Crippen molar-refractivity contribution >= 4 is 30.6 Å². The zero-order valence-corrected chi connectivity index (χ0v) is 6.86. The third-order valence-corrected chi connectivity index (χ3v) is 0. The van der Waals surface area contributed by atoms with Gasteiger partial charge in [-0.1, -0.05) is 0 Å². The molecule has 0 aliphatic carbocycles. The molecule has 0 radical (unpaired) electrons. The normalized spacial score (nSPS) is 0. The van der Waals surface area contributed by atoms with E-state index in [4.69, 9.17) is 0 Å². The molecule has 0 aromatic rings. The molecule has 0 nitrogen and oxygen atoms in total. The molecule has 0 unspecified atom stereocenters. The Hall–Kier alpha value is 1.88. The van der Waals surface area contributed by atoms with Crippen LogP contribution in [0.3, 0.4) is 0 Å². The van der Waals surface area contributed by atoms with Gasteiger partial charge in [-0.3, -0.25) is 0 Å². The van der Waals surface area contributed by atoms with E-state index in [1.54, 1.807) is 0 Å². The molecule has 0 aromatic carbocycles. The molecule has 0 N–H and O–H groups in total. The maximum absolute atomic E-state index is 0. The van der Waals surface area contributed by atoms with Crippen molar-refractivity contribution < 1.29 is 33.6 Å². The van der Waals surface area contributed by atoms with E-state index in [1.165, 1.54) is 0 Å². The summed E-state index contributed by atoms with van der Waals surface area (Å²) in [6, 6.07) is 0. The van der Waals surface area contributed by atoms with Crippen molar-refractivity contribution in [1.29, 1.82) is 0 Å². The fraction of sp³-hybridized carbons (Fsp3) is 0. The molecular formula is H4FeNiSSe. The molecule has 0 heterocycles. The van der Waals surface area contributed by atoms with E-state index in [9.17, 15) is 0 Å². The molecule has 4 heavy (non-hydrogen) atoms. The summed E-state index contributed by atoms with van der Waals surface area (Å²) in [6.45, 7) is 0. The third-order valence-electron chi connectivity index (χ3n) is 0. The monoisotopic (exact) mass is 230 g/mol. The number of hydrogen-bond donors (Lipinski definition) is 0. The van der Waals surface area contributed by atoms with Gasteiger partial charge in [0.25, 0.3) is 0 Å². The van der Waals surface area contributed by atoms with Gasteiger partial charge in [0.1, 0.15) is 0 Å². The van der Waals surface area contributed by atoms with Crippen LogP contribution in [0.2, 0.25) is 0 Å². The summed E-state index contributed by atoms with van der Waals surface area (Å²) in [5.41, 5.74) is 0. The van der Waals surface area contributed by atoms with Crippen molar-refractivity contribution in [2.24, 2.45) is 0 Å². The van der Waals surface area contributed by atoms with Gasteiger partial charge in [-0.05, 0) is 0 Å². The van der Waals surface area contributed by atoms with E-state index < -0.39 is 0 Å². The Kier molecular flexibility index (Phi) is 205. The Morgan fingerprint density at radius 2 is 1.00 bits per heavy atom. The van der Waals surface area contributed by atoms with Crippen LogP contribution in [0, 0.1) is 0 Å². The van der Waals surface area contributed by atoms with Gasteiger partial charge in [-0.2, -0.15) is 13.5 Å². The van der Waals surface area contributed by atoms with Crippen LogP contribution >= 0.6 is 13.5 Å². The molecule has 0 saturated heterocycles. The first-order chi connectivity index (χ1) is 0. The molecule has 0 amide bonds. The van der Waals surface area contributed by atoms with Crippen LogP contribution in [0.1, 0.15) is 0 Å². The first kappa shape index (κ1) is 39.6. The van der Waals surface area contributed by atoms with Crippen LogP contribution in [0.15, 0.2) is 0 Å². The Balaban J connectivity index is 0. The van der Waals surface area contributed by atoms with Gasteiger partial charge in [0.2, 0.25) is 0 Å². The van der Waals surface area contributed by atoms with E-state index in [2.05, 4.69) is 0 Å². The van der Waals surface area contributed by atoms with E-state index in [0.29, 0.717) is 0 Å². The Labute approximate surface area is 63.8 Å². The molecule has 4 heteroatoms. The van der Waals surface area contributed by atoms with Gasteiger partial charge in [0.05, 0.1) is 0 Å². The van der Waals surface area contributed by atoms with E-state index in [1.807, 2.05) is 0 Å². The van der Waals surface area contributed by atoms with Crippen molar-refractivity contribution in [3.63, 3.8) is 0 Å². The second-order valence-corrected chi connectivity index (χ2v) is 0. The number of rotatable bonds is 0. The van der Waals surface area contributed by atoms with Gasteiger partial charge in [0, 0.05) is 33.6 Å². The standard InChI is InChI=1S/Fe.Ni.H2S.H2Se/h;;2*1H2. The molecular weight excluding hydrogens is 226 g/mol. The van der Waals surface area contributed by atoms with Gasteiger partial charge < -0.3 is 0 Å². The first-order valence-corrected chi connectivity index (χ1v) is 0. The zero-order chi connectivity index (χ0) is 0. The number of hydrogen-bond acceptors (Lipinski definition) is 0. The van der Waals surface area contributed by atoms with Crippen LogP contribution in [-0.2, 0) is 33.6 Å². The van der Waals surface area contributed by atoms with E-state index >= 15 is 0 Å². The SMILES string of the molecule is S.[Fe].[Ni].[SeH2]. The Morgan fingerprint density at radius 1 is 1.00 bits per heavy atom. The minimum atomic E-state index is 0.